The molecule has 0 aliphatic carbocycles. The number of aliphatic hydroxyl groups is 1. The van der Waals surface area contributed by atoms with Gasteiger partial charge in [-0.3, -0.25) is 15.1 Å². The van der Waals surface area contributed by atoms with Gasteiger partial charge in [0.2, 0.25) is 0 Å². The number of nitrogens with zero attached hydrogens (tertiary/aromatic N) is 6. The molecule has 5 aromatic heterocycles. The van der Waals surface area contributed by atoms with E-state index in [1.165, 1.54) is 12.1 Å². The topological polar surface area (TPSA) is 141 Å². The third kappa shape index (κ3) is 5.62. The number of benzene rings is 1. The Hall–Kier alpha value is -4.94. The standard InChI is InChI=1S/C30H30FN9O2/c1-4-26(41)35-20-10-18(14-32-15-20)24-13-23-25(16-34-24)38-39-28(23)30-36-27-22(5-6-33-29(27)37-30)17-9-19(31)12-21(11-17)42-8-7-40(2)3/h5-6,9-16,26,35,41H,4,7-8H2,1-3H3,(H,38,39)(H,33,36,37). The van der Waals surface area contributed by atoms with Crippen molar-refractivity contribution in [3.05, 3.63) is 67.0 Å². The number of hydrogen-bond donors (Lipinski definition) is 4. The molecule has 1 aromatic carbocycles. The monoisotopic (exact) mass is 567 g/mol. The van der Waals surface area contributed by atoms with Crippen molar-refractivity contribution in [1.29, 1.82) is 0 Å². The van der Waals surface area contributed by atoms with Gasteiger partial charge in [0.25, 0.3) is 0 Å². The molecular formula is C30H30FN9O2. The first-order valence-corrected chi connectivity index (χ1v) is 13.6. The van der Waals surface area contributed by atoms with Crippen LogP contribution in [-0.4, -0.2) is 78.6 Å². The lowest BCUT2D eigenvalue weighted by Gasteiger charge is -2.12. The van der Waals surface area contributed by atoms with Crippen molar-refractivity contribution >= 4 is 27.8 Å². The molecule has 5 heterocycles. The lowest BCUT2D eigenvalue weighted by molar-refractivity contribution is 0.199. The minimum absolute atomic E-state index is 0.395. The number of nitrogens with one attached hydrogen (secondary N) is 3. The van der Waals surface area contributed by atoms with E-state index in [1.54, 1.807) is 24.8 Å². The van der Waals surface area contributed by atoms with Crippen LogP contribution in [0.1, 0.15) is 13.3 Å². The molecule has 4 N–H and O–H groups in total. The van der Waals surface area contributed by atoms with Crippen molar-refractivity contribution < 1.29 is 14.2 Å². The maximum atomic E-state index is 14.6. The zero-order chi connectivity index (χ0) is 29.2. The van der Waals surface area contributed by atoms with Crippen molar-refractivity contribution in [2.75, 3.05) is 32.6 Å². The van der Waals surface area contributed by atoms with Gasteiger partial charge in [0.15, 0.2) is 11.5 Å². The number of likely N-dealkylation sites (N-methyl/N-ethyl adjacent to an activating group) is 1. The fourth-order valence-corrected chi connectivity index (χ4v) is 4.62. The number of fused-ring (bicyclic) bond motifs is 2. The second-order valence-corrected chi connectivity index (χ2v) is 10.2. The second-order valence-electron chi connectivity index (χ2n) is 10.2. The van der Waals surface area contributed by atoms with Crippen molar-refractivity contribution in [3.8, 4) is 39.7 Å². The molecule has 214 valence electrons. The molecule has 0 spiro atoms. The Morgan fingerprint density at radius 1 is 1.07 bits per heavy atom. The van der Waals surface area contributed by atoms with E-state index >= 15 is 0 Å². The van der Waals surface area contributed by atoms with Crippen molar-refractivity contribution in [3.63, 3.8) is 0 Å². The molecule has 6 rings (SSSR count). The minimum Gasteiger partial charge on any atom is -0.492 e. The number of ether oxygens (including phenoxy) is 1. The average Bonchev–Trinajstić information content (AvgIpc) is 3.60. The summed E-state index contributed by atoms with van der Waals surface area (Å²) in [5.41, 5.74) is 5.99. The van der Waals surface area contributed by atoms with Gasteiger partial charge in [0.05, 0.1) is 34.8 Å². The van der Waals surface area contributed by atoms with Crippen LogP contribution in [0.5, 0.6) is 5.75 Å². The predicted octanol–water partition coefficient (Wildman–Crippen LogP) is 4.85. The number of halogens is 1. The van der Waals surface area contributed by atoms with Crippen LogP contribution in [0, 0.1) is 5.82 Å². The van der Waals surface area contributed by atoms with E-state index in [4.69, 9.17) is 9.72 Å². The summed E-state index contributed by atoms with van der Waals surface area (Å²) >= 11 is 0. The molecule has 12 heteroatoms. The van der Waals surface area contributed by atoms with E-state index in [9.17, 15) is 9.50 Å². The predicted molar refractivity (Wildman–Crippen MR) is 159 cm³/mol. The van der Waals surface area contributed by atoms with Gasteiger partial charge >= 0.3 is 0 Å². The quantitative estimate of drug-likeness (QED) is 0.171. The van der Waals surface area contributed by atoms with Crippen LogP contribution >= 0.6 is 0 Å². The highest BCUT2D eigenvalue weighted by atomic mass is 19.1. The van der Waals surface area contributed by atoms with Crippen LogP contribution in [0.2, 0.25) is 0 Å². The van der Waals surface area contributed by atoms with E-state index in [0.29, 0.717) is 64.9 Å². The van der Waals surface area contributed by atoms with E-state index in [2.05, 4.69) is 35.5 Å². The molecule has 0 fully saturated rings. The van der Waals surface area contributed by atoms with Gasteiger partial charge in [-0.15, -0.1) is 0 Å². The molecule has 0 radical (unpaired) electrons. The molecule has 0 aliphatic heterocycles. The molecular weight excluding hydrogens is 537 g/mol. The maximum absolute atomic E-state index is 14.6. The molecule has 1 atom stereocenters. The average molecular weight is 568 g/mol. The summed E-state index contributed by atoms with van der Waals surface area (Å²) < 4.78 is 20.4. The number of aromatic amines is 2. The summed E-state index contributed by atoms with van der Waals surface area (Å²) in [5.74, 6) is 0.563. The molecule has 42 heavy (non-hydrogen) atoms. The van der Waals surface area contributed by atoms with Gasteiger partial charge in [-0.25, -0.2) is 14.4 Å². The number of imidazole rings is 1. The number of anilines is 1. The first kappa shape index (κ1) is 27.2. The van der Waals surface area contributed by atoms with Crippen LogP contribution in [0.3, 0.4) is 0 Å². The third-order valence-electron chi connectivity index (χ3n) is 6.81. The van der Waals surface area contributed by atoms with Gasteiger partial charge in [-0.2, -0.15) is 5.10 Å². The lowest BCUT2D eigenvalue weighted by Crippen LogP contribution is -2.19. The van der Waals surface area contributed by atoms with Crippen LogP contribution in [0.15, 0.2) is 61.2 Å². The Kier molecular flexibility index (Phi) is 7.46. The highest BCUT2D eigenvalue weighted by Crippen LogP contribution is 2.33. The number of aromatic nitrogens is 7. The van der Waals surface area contributed by atoms with E-state index in [-0.39, 0.29) is 0 Å². The van der Waals surface area contributed by atoms with Crippen LogP contribution < -0.4 is 10.1 Å². The largest absolute Gasteiger partial charge is 0.492 e. The summed E-state index contributed by atoms with van der Waals surface area (Å²) in [5, 5.41) is 21.3. The van der Waals surface area contributed by atoms with Crippen LogP contribution in [-0.2, 0) is 0 Å². The van der Waals surface area contributed by atoms with E-state index in [0.717, 1.165) is 22.0 Å². The molecule has 6 aromatic rings. The summed E-state index contributed by atoms with van der Waals surface area (Å²) in [4.78, 5) is 23.4. The lowest BCUT2D eigenvalue weighted by atomic mass is 10.1. The Bertz CT molecular complexity index is 1870. The van der Waals surface area contributed by atoms with Crippen molar-refractivity contribution in [2.24, 2.45) is 0 Å². The second kappa shape index (κ2) is 11.5. The number of pyridine rings is 3. The number of rotatable bonds is 10. The van der Waals surface area contributed by atoms with Crippen molar-refractivity contribution in [2.45, 2.75) is 19.6 Å². The number of hydrogen-bond acceptors (Lipinski definition) is 9. The summed E-state index contributed by atoms with van der Waals surface area (Å²) in [6, 6.07) is 10.3. The maximum Gasteiger partial charge on any atom is 0.178 e. The normalized spacial score (nSPS) is 12.3. The number of H-pyrrole nitrogens is 2. The highest BCUT2D eigenvalue weighted by molar-refractivity contribution is 5.96. The Balaban J connectivity index is 1.36. The van der Waals surface area contributed by atoms with Crippen LogP contribution in [0.25, 0.3) is 56.0 Å². The van der Waals surface area contributed by atoms with Crippen molar-refractivity contribution in [1.82, 2.24) is 40.0 Å². The molecule has 0 aliphatic rings. The summed E-state index contributed by atoms with van der Waals surface area (Å²) in [7, 11) is 3.91. The smallest absolute Gasteiger partial charge is 0.178 e. The highest BCUT2D eigenvalue weighted by Gasteiger charge is 2.18. The summed E-state index contributed by atoms with van der Waals surface area (Å²) in [6.45, 7) is 3.04. The van der Waals surface area contributed by atoms with Gasteiger partial charge in [0.1, 0.15) is 30.1 Å². The zero-order valence-electron chi connectivity index (χ0n) is 23.4. The molecule has 0 saturated carbocycles. The van der Waals surface area contributed by atoms with E-state index < -0.39 is 12.0 Å². The minimum atomic E-state index is -0.667. The fourth-order valence-electron chi connectivity index (χ4n) is 4.62. The Labute approximate surface area is 240 Å². The molecule has 11 nitrogen and oxygen atoms in total. The first-order chi connectivity index (χ1) is 20.4. The van der Waals surface area contributed by atoms with Gasteiger partial charge < -0.3 is 25.0 Å². The zero-order valence-corrected chi connectivity index (χ0v) is 23.4. The van der Waals surface area contributed by atoms with Gasteiger partial charge in [-0.1, -0.05) is 6.92 Å². The number of aliphatic hydroxyl groups excluding tert-OH is 1. The van der Waals surface area contributed by atoms with E-state index in [1.807, 2.05) is 50.2 Å². The van der Waals surface area contributed by atoms with Gasteiger partial charge in [-0.05, 0) is 56.4 Å². The third-order valence-corrected chi connectivity index (χ3v) is 6.81. The summed E-state index contributed by atoms with van der Waals surface area (Å²) in [6.07, 6.45) is 6.62. The fraction of sp³-hybridized carbons (Fsp3) is 0.233. The molecule has 0 bridgehead atoms. The molecule has 1 unspecified atom stereocenters. The SMILES string of the molecule is CCC(O)Nc1cncc(-c2cc3c(-c4nc5nccc(-c6cc(F)cc(OCCN(C)C)c6)c5[nH]4)n[nH]c3cn2)c1. The van der Waals surface area contributed by atoms with Gasteiger partial charge in [0, 0.05) is 41.5 Å². The first-order valence-electron chi connectivity index (χ1n) is 13.6. The Morgan fingerprint density at radius 3 is 2.79 bits per heavy atom. The molecule has 0 amide bonds. The van der Waals surface area contributed by atoms with Crippen LogP contribution in [0.4, 0.5) is 10.1 Å². The molecule has 0 saturated heterocycles. The Morgan fingerprint density at radius 2 is 1.95 bits per heavy atom.